The fourth-order valence-electron chi connectivity index (χ4n) is 3.31. The average Bonchev–Trinajstić information content (AvgIpc) is 3.01. The summed E-state index contributed by atoms with van der Waals surface area (Å²) in [6.07, 6.45) is 4.65. The van der Waals surface area contributed by atoms with E-state index < -0.39 is 0 Å². The Hall–Kier alpha value is -2.10. The number of amides is 1. The monoisotopic (exact) mass is 283 g/mol. The number of hydrogen-bond donors (Lipinski definition) is 1. The first-order valence-corrected chi connectivity index (χ1v) is 7.67. The third-order valence-electron chi connectivity index (χ3n) is 4.33. The Morgan fingerprint density at radius 2 is 2.05 bits per heavy atom. The first-order valence-electron chi connectivity index (χ1n) is 7.67. The van der Waals surface area contributed by atoms with E-state index in [0.717, 1.165) is 30.3 Å². The van der Waals surface area contributed by atoms with Gasteiger partial charge in [0.2, 0.25) is 0 Å². The van der Waals surface area contributed by atoms with E-state index in [2.05, 4.69) is 4.98 Å². The van der Waals surface area contributed by atoms with Gasteiger partial charge in [-0.3, -0.25) is 4.79 Å². The second-order valence-electron chi connectivity index (χ2n) is 5.64. The van der Waals surface area contributed by atoms with Crippen molar-refractivity contribution in [3.05, 3.63) is 35.9 Å². The average molecular weight is 283 g/mol. The van der Waals surface area contributed by atoms with Crippen molar-refractivity contribution in [2.24, 2.45) is 0 Å². The fraction of sp³-hybridized carbons (Fsp3) is 0.412. The Morgan fingerprint density at radius 1 is 1.33 bits per heavy atom. The topological polar surface area (TPSA) is 59.2 Å². The number of rotatable bonds is 3. The van der Waals surface area contributed by atoms with Crippen molar-refractivity contribution >= 4 is 22.6 Å². The summed E-state index contributed by atoms with van der Waals surface area (Å²) in [5.41, 5.74) is 7.33. The van der Waals surface area contributed by atoms with Gasteiger partial charge >= 0.3 is 0 Å². The molecule has 4 nitrogen and oxygen atoms in total. The lowest BCUT2D eigenvalue weighted by Gasteiger charge is -2.28. The van der Waals surface area contributed by atoms with Crippen molar-refractivity contribution in [1.82, 2.24) is 9.88 Å². The molecule has 0 spiro atoms. The molecule has 2 N–H and O–H groups in total. The lowest BCUT2D eigenvalue weighted by atomic mass is 10.1. The first-order chi connectivity index (χ1) is 10.2. The third-order valence-corrected chi connectivity index (χ3v) is 4.33. The molecule has 3 rings (SSSR count). The highest BCUT2D eigenvalue weighted by Gasteiger charge is 2.27. The van der Waals surface area contributed by atoms with Gasteiger partial charge in [0.05, 0.1) is 11.1 Å². The Balaban J connectivity index is 2.03. The molecule has 1 aromatic heterocycles. The maximum Gasteiger partial charge on any atom is 0.254 e. The molecule has 0 aliphatic heterocycles. The van der Waals surface area contributed by atoms with Crippen LogP contribution in [0.15, 0.2) is 30.3 Å². The van der Waals surface area contributed by atoms with Crippen LogP contribution < -0.4 is 5.73 Å². The summed E-state index contributed by atoms with van der Waals surface area (Å²) < 4.78 is 0. The largest absolute Gasteiger partial charge is 0.384 e. The number of nitrogens with two attached hydrogens (primary N) is 1. The highest BCUT2D eigenvalue weighted by atomic mass is 16.2. The van der Waals surface area contributed by atoms with Crippen LogP contribution in [0.25, 0.3) is 10.9 Å². The number of nitrogens with zero attached hydrogens (tertiary/aromatic N) is 2. The second kappa shape index (κ2) is 5.72. The molecular formula is C17H21N3O. The van der Waals surface area contributed by atoms with Crippen molar-refractivity contribution in [2.45, 2.75) is 38.6 Å². The van der Waals surface area contributed by atoms with E-state index in [9.17, 15) is 4.79 Å². The van der Waals surface area contributed by atoms with Gasteiger partial charge in [-0.2, -0.15) is 0 Å². The minimum absolute atomic E-state index is 0.0784. The van der Waals surface area contributed by atoms with E-state index in [1.807, 2.05) is 36.1 Å². The summed E-state index contributed by atoms with van der Waals surface area (Å²) in [5.74, 6) is 0.481. The minimum atomic E-state index is 0.0784. The van der Waals surface area contributed by atoms with Crippen LogP contribution in [0.4, 0.5) is 5.82 Å². The maximum atomic E-state index is 13.0. The van der Waals surface area contributed by atoms with Crippen LogP contribution in [0, 0.1) is 0 Å². The molecule has 0 bridgehead atoms. The predicted molar refractivity (Wildman–Crippen MR) is 85.1 cm³/mol. The number of para-hydroxylation sites is 1. The van der Waals surface area contributed by atoms with Gasteiger partial charge in [0.25, 0.3) is 5.91 Å². The number of carbonyl (C=O) groups is 1. The number of pyridine rings is 1. The number of hydrogen-bond acceptors (Lipinski definition) is 3. The van der Waals surface area contributed by atoms with Crippen LogP contribution >= 0.6 is 0 Å². The zero-order valence-corrected chi connectivity index (χ0v) is 12.4. The number of aromatic nitrogens is 1. The van der Waals surface area contributed by atoms with Crippen molar-refractivity contribution < 1.29 is 4.79 Å². The lowest BCUT2D eigenvalue weighted by Crippen LogP contribution is -2.38. The van der Waals surface area contributed by atoms with Crippen molar-refractivity contribution in [3.8, 4) is 0 Å². The SMILES string of the molecule is CCN(C(=O)c1cc(N)nc2ccccc12)C1CCCC1. The smallest absolute Gasteiger partial charge is 0.254 e. The highest BCUT2D eigenvalue weighted by Crippen LogP contribution is 2.27. The number of fused-ring (bicyclic) bond motifs is 1. The molecule has 1 fully saturated rings. The van der Waals surface area contributed by atoms with Gasteiger partial charge < -0.3 is 10.6 Å². The van der Waals surface area contributed by atoms with Crippen LogP contribution in [0.3, 0.4) is 0 Å². The Kier molecular flexibility index (Phi) is 3.78. The van der Waals surface area contributed by atoms with Crippen molar-refractivity contribution in [2.75, 3.05) is 12.3 Å². The summed E-state index contributed by atoms with van der Waals surface area (Å²) >= 11 is 0. The molecule has 1 aliphatic carbocycles. The number of carbonyl (C=O) groups excluding carboxylic acids is 1. The fourth-order valence-corrected chi connectivity index (χ4v) is 3.31. The number of nitrogen functional groups attached to an aromatic ring is 1. The van der Waals surface area contributed by atoms with Gasteiger partial charge in [0.1, 0.15) is 5.82 Å². The Morgan fingerprint density at radius 3 is 2.76 bits per heavy atom. The summed E-state index contributed by atoms with van der Waals surface area (Å²) in [5, 5.41) is 0.883. The molecule has 0 unspecified atom stereocenters. The van der Waals surface area contributed by atoms with Crippen LogP contribution in [0.2, 0.25) is 0 Å². The summed E-state index contributed by atoms with van der Waals surface area (Å²) in [6, 6.07) is 9.77. The van der Waals surface area contributed by atoms with Gasteiger partial charge in [0, 0.05) is 18.0 Å². The van der Waals surface area contributed by atoms with Crippen LogP contribution in [-0.2, 0) is 0 Å². The highest BCUT2D eigenvalue weighted by molar-refractivity contribution is 6.07. The molecule has 1 saturated carbocycles. The molecule has 1 amide bonds. The van der Waals surface area contributed by atoms with E-state index in [1.54, 1.807) is 6.07 Å². The zero-order valence-electron chi connectivity index (χ0n) is 12.4. The van der Waals surface area contributed by atoms with E-state index in [0.29, 0.717) is 17.4 Å². The van der Waals surface area contributed by atoms with Crippen molar-refractivity contribution in [1.29, 1.82) is 0 Å². The Bertz CT molecular complexity index is 662. The third kappa shape index (κ3) is 2.58. The zero-order chi connectivity index (χ0) is 14.8. The van der Waals surface area contributed by atoms with E-state index in [4.69, 9.17) is 5.73 Å². The van der Waals surface area contributed by atoms with Crippen molar-refractivity contribution in [3.63, 3.8) is 0 Å². The van der Waals surface area contributed by atoms with Gasteiger partial charge in [-0.1, -0.05) is 31.0 Å². The van der Waals surface area contributed by atoms with Gasteiger partial charge in [-0.15, -0.1) is 0 Å². The summed E-state index contributed by atoms with van der Waals surface area (Å²) in [6.45, 7) is 2.78. The molecule has 110 valence electrons. The normalized spacial score (nSPS) is 15.5. The van der Waals surface area contributed by atoms with E-state index in [-0.39, 0.29) is 5.91 Å². The molecular weight excluding hydrogens is 262 g/mol. The van der Waals surface area contributed by atoms with E-state index >= 15 is 0 Å². The molecule has 0 saturated heterocycles. The molecule has 0 radical (unpaired) electrons. The van der Waals surface area contributed by atoms with Gasteiger partial charge in [-0.25, -0.2) is 4.98 Å². The molecule has 21 heavy (non-hydrogen) atoms. The second-order valence-corrected chi connectivity index (χ2v) is 5.64. The quantitative estimate of drug-likeness (QED) is 0.941. The lowest BCUT2D eigenvalue weighted by molar-refractivity contribution is 0.0695. The van der Waals surface area contributed by atoms with Crippen LogP contribution in [0.1, 0.15) is 43.0 Å². The molecule has 2 aromatic rings. The van der Waals surface area contributed by atoms with E-state index in [1.165, 1.54) is 12.8 Å². The van der Waals surface area contributed by atoms with Gasteiger partial charge in [0.15, 0.2) is 0 Å². The number of anilines is 1. The van der Waals surface area contributed by atoms with Gasteiger partial charge in [-0.05, 0) is 31.9 Å². The molecule has 1 heterocycles. The molecule has 0 atom stereocenters. The Labute approximate surface area is 125 Å². The van der Waals surface area contributed by atoms with Crippen LogP contribution in [-0.4, -0.2) is 28.4 Å². The minimum Gasteiger partial charge on any atom is -0.384 e. The molecule has 1 aromatic carbocycles. The first kappa shape index (κ1) is 13.9. The maximum absolute atomic E-state index is 13.0. The summed E-state index contributed by atoms with van der Waals surface area (Å²) in [4.78, 5) is 19.3. The molecule has 4 heteroatoms. The number of benzene rings is 1. The predicted octanol–water partition coefficient (Wildman–Crippen LogP) is 3.22. The van der Waals surface area contributed by atoms with Crippen LogP contribution in [0.5, 0.6) is 0 Å². The molecule has 1 aliphatic rings. The standard InChI is InChI=1S/C17H21N3O/c1-2-20(12-7-3-4-8-12)17(21)14-11-16(18)19-15-10-6-5-9-13(14)15/h5-6,9-12H,2-4,7-8H2,1H3,(H2,18,19). The summed E-state index contributed by atoms with van der Waals surface area (Å²) in [7, 11) is 0.